The van der Waals surface area contributed by atoms with E-state index in [1.54, 1.807) is 0 Å². The Morgan fingerprint density at radius 1 is 0.719 bits per heavy atom. The van der Waals surface area contributed by atoms with Gasteiger partial charge in [-0.1, -0.05) is 120 Å². The van der Waals surface area contributed by atoms with Crippen molar-refractivity contribution in [2.75, 3.05) is 6.61 Å². The standard InChI is InChI=1S/C30H42O2/c1-2-3-4-5-6-7-8-9-10-11-12-13-14-19-30(32)24-20-21-27-25-17-15-16-18-26(25)29(23-31)28(27)22-24/h15-18,20-22,29,31H,2-14,19,23H2,1H3. The molecule has 0 radical (unpaired) electrons. The lowest BCUT2D eigenvalue weighted by atomic mass is 9.94. The number of carbonyl (C=O) groups is 1. The zero-order valence-corrected chi connectivity index (χ0v) is 20.1. The molecule has 1 aliphatic rings. The predicted octanol–water partition coefficient (Wildman–Crippen LogP) is 8.46. The highest BCUT2D eigenvalue weighted by Crippen LogP contribution is 2.44. The third kappa shape index (κ3) is 6.78. The van der Waals surface area contributed by atoms with Crippen LogP contribution in [-0.2, 0) is 0 Å². The van der Waals surface area contributed by atoms with Crippen molar-refractivity contribution in [3.05, 3.63) is 59.2 Å². The molecule has 0 aliphatic heterocycles. The van der Waals surface area contributed by atoms with Crippen LogP contribution in [0.5, 0.6) is 0 Å². The summed E-state index contributed by atoms with van der Waals surface area (Å²) >= 11 is 0. The van der Waals surface area contributed by atoms with E-state index in [2.05, 4.69) is 25.1 Å². The Labute approximate surface area is 195 Å². The summed E-state index contributed by atoms with van der Waals surface area (Å²) in [4.78, 5) is 12.8. The van der Waals surface area contributed by atoms with E-state index < -0.39 is 0 Å². The van der Waals surface area contributed by atoms with Gasteiger partial charge in [0.05, 0.1) is 6.61 Å². The minimum Gasteiger partial charge on any atom is -0.395 e. The van der Waals surface area contributed by atoms with Gasteiger partial charge in [-0.2, -0.15) is 0 Å². The number of hydrogen-bond donors (Lipinski definition) is 1. The lowest BCUT2D eigenvalue weighted by Gasteiger charge is -2.11. The van der Waals surface area contributed by atoms with Crippen LogP contribution in [0.15, 0.2) is 42.5 Å². The van der Waals surface area contributed by atoms with E-state index in [0.29, 0.717) is 6.42 Å². The topological polar surface area (TPSA) is 37.3 Å². The molecule has 3 rings (SSSR count). The number of rotatable bonds is 16. The van der Waals surface area contributed by atoms with Crippen LogP contribution in [-0.4, -0.2) is 17.5 Å². The monoisotopic (exact) mass is 434 g/mol. The summed E-state index contributed by atoms with van der Waals surface area (Å²) in [5.74, 6) is 0.230. The molecule has 1 aliphatic carbocycles. The third-order valence-electron chi connectivity index (χ3n) is 7.07. The molecule has 1 unspecified atom stereocenters. The summed E-state index contributed by atoms with van der Waals surface area (Å²) in [6.45, 7) is 2.36. The molecule has 174 valence electrons. The van der Waals surface area contributed by atoms with Gasteiger partial charge in [0.25, 0.3) is 0 Å². The molecule has 0 saturated carbocycles. The predicted molar refractivity (Wildman–Crippen MR) is 135 cm³/mol. The van der Waals surface area contributed by atoms with Crippen molar-refractivity contribution in [1.82, 2.24) is 0 Å². The zero-order chi connectivity index (χ0) is 22.6. The highest BCUT2D eigenvalue weighted by Gasteiger charge is 2.28. The number of hydrogen-bond acceptors (Lipinski definition) is 2. The molecular weight excluding hydrogens is 392 g/mol. The SMILES string of the molecule is CCCCCCCCCCCCCCCC(=O)c1ccc2c(c1)C(CO)c1ccccc1-2. The average molecular weight is 435 g/mol. The van der Waals surface area contributed by atoms with Crippen LogP contribution >= 0.6 is 0 Å². The number of unbranched alkanes of at least 4 members (excludes halogenated alkanes) is 12. The fourth-order valence-corrected chi connectivity index (χ4v) is 5.13. The normalized spacial score (nSPS) is 14.4. The van der Waals surface area contributed by atoms with Crippen molar-refractivity contribution in [3.8, 4) is 11.1 Å². The number of carbonyl (C=O) groups excluding carboxylic acids is 1. The molecule has 0 aromatic heterocycles. The maximum atomic E-state index is 12.8. The first-order valence-corrected chi connectivity index (χ1v) is 13.1. The van der Waals surface area contributed by atoms with Crippen LogP contribution in [0.4, 0.5) is 0 Å². The van der Waals surface area contributed by atoms with Gasteiger partial charge >= 0.3 is 0 Å². The van der Waals surface area contributed by atoms with Gasteiger partial charge in [0.1, 0.15) is 0 Å². The van der Waals surface area contributed by atoms with Crippen LogP contribution in [0.1, 0.15) is 124 Å². The highest BCUT2D eigenvalue weighted by molar-refractivity contribution is 5.97. The molecule has 2 nitrogen and oxygen atoms in total. The number of aliphatic hydroxyl groups is 1. The number of benzene rings is 2. The van der Waals surface area contributed by atoms with Gasteiger partial charge in [0.15, 0.2) is 5.78 Å². The Balaban J connectivity index is 1.32. The molecule has 1 N–H and O–H groups in total. The first kappa shape index (κ1) is 24.7. The Bertz CT molecular complexity index is 838. The molecule has 0 fully saturated rings. The summed E-state index contributed by atoms with van der Waals surface area (Å²) in [6.07, 6.45) is 17.8. The smallest absolute Gasteiger partial charge is 0.162 e. The molecule has 0 amide bonds. The van der Waals surface area contributed by atoms with Gasteiger partial charge in [0.2, 0.25) is 0 Å². The molecule has 0 spiro atoms. The van der Waals surface area contributed by atoms with Gasteiger partial charge in [-0.25, -0.2) is 0 Å². The van der Waals surface area contributed by atoms with E-state index in [9.17, 15) is 9.90 Å². The molecule has 2 aromatic carbocycles. The van der Waals surface area contributed by atoms with E-state index >= 15 is 0 Å². The Morgan fingerprint density at radius 2 is 1.28 bits per heavy atom. The number of aliphatic hydroxyl groups excluding tert-OH is 1. The Hall–Kier alpha value is -1.93. The van der Waals surface area contributed by atoms with Crippen molar-refractivity contribution < 1.29 is 9.90 Å². The van der Waals surface area contributed by atoms with Gasteiger partial charge in [-0.05, 0) is 34.7 Å². The summed E-state index contributed by atoms with van der Waals surface area (Å²) in [5.41, 5.74) is 5.43. The minimum absolute atomic E-state index is 0.00899. The summed E-state index contributed by atoms with van der Waals surface area (Å²) < 4.78 is 0. The quantitative estimate of drug-likeness (QED) is 0.212. The molecule has 0 bridgehead atoms. The van der Waals surface area contributed by atoms with Crippen molar-refractivity contribution in [2.24, 2.45) is 0 Å². The van der Waals surface area contributed by atoms with Crippen molar-refractivity contribution in [3.63, 3.8) is 0 Å². The maximum Gasteiger partial charge on any atom is 0.162 e. The number of fused-ring (bicyclic) bond motifs is 3. The van der Waals surface area contributed by atoms with E-state index in [4.69, 9.17) is 0 Å². The van der Waals surface area contributed by atoms with Crippen molar-refractivity contribution >= 4 is 5.78 Å². The lowest BCUT2D eigenvalue weighted by Crippen LogP contribution is -2.04. The van der Waals surface area contributed by atoms with Crippen LogP contribution < -0.4 is 0 Å². The van der Waals surface area contributed by atoms with Crippen LogP contribution in [0.2, 0.25) is 0 Å². The summed E-state index contributed by atoms with van der Waals surface area (Å²) in [7, 11) is 0. The van der Waals surface area contributed by atoms with Gasteiger partial charge < -0.3 is 5.11 Å². The summed E-state index contributed by atoms with van der Waals surface area (Å²) in [6, 6.07) is 14.3. The van der Waals surface area contributed by atoms with E-state index in [0.717, 1.165) is 29.5 Å². The van der Waals surface area contributed by atoms with Crippen LogP contribution in [0.25, 0.3) is 11.1 Å². The maximum absolute atomic E-state index is 12.8. The second-order valence-electron chi connectivity index (χ2n) is 9.54. The second kappa shape index (κ2) is 13.6. The molecule has 0 saturated heterocycles. The zero-order valence-electron chi connectivity index (χ0n) is 20.1. The van der Waals surface area contributed by atoms with Crippen LogP contribution in [0.3, 0.4) is 0 Å². The van der Waals surface area contributed by atoms with E-state index in [1.807, 2.05) is 24.3 Å². The van der Waals surface area contributed by atoms with E-state index in [-0.39, 0.29) is 18.3 Å². The largest absolute Gasteiger partial charge is 0.395 e. The Kier molecular flexibility index (Phi) is 10.5. The van der Waals surface area contributed by atoms with Gasteiger partial charge in [-0.3, -0.25) is 4.79 Å². The molecule has 2 aromatic rings. The van der Waals surface area contributed by atoms with Crippen molar-refractivity contribution in [1.29, 1.82) is 0 Å². The fraction of sp³-hybridized carbons (Fsp3) is 0.567. The highest BCUT2D eigenvalue weighted by atomic mass is 16.3. The van der Waals surface area contributed by atoms with E-state index in [1.165, 1.54) is 81.8 Å². The van der Waals surface area contributed by atoms with Crippen molar-refractivity contribution in [2.45, 2.75) is 103 Å². The van der Waals surface area contributed by atoms with Gasteiger partial charge in [-0.15, -0.1) is 0 Å². The molecule has 0 heterocycles. The third-order valence-corrected chi connectivity index (χ3v) is 7.07. The lowest BCUT2D eigenvalue weighted by molar-refractivity contribution is 0.0979. The van der Waals surface area contributed by atoms with Crippen LogP contribution in [0, 0.1) is 0 Å². The minimum atomic E-state index is -0.00899. The first-order valence-electron chi connectivity index (χ1n) is 13.1. The number of Topliss-reactive ketones (excluding diaryl/α,β-unsaturated/α-hetero) is 1. The first-order chi connectivity index (χ1) is 15.8. The number of ketones is 1. The fourth-order valence-electron chi connectivity index (χ4n) is 5.13. The summed E-state index contributed by atoms with van der Waals surface area (Å²) in [5, 5.41) is 9.94. The van der Waals surface area contributed by atoms with Gasteiger partial charge in [0, 0.05) is 17.9 Å². The molecule has 2 heteroatoms. The molecular formula is C30H42O2. The molecule has 32 heavy (non-hydrogen) atoms. The Morgan fingerprint density at radius 3 is 1.91 bits per heavy atom. The average Bonchev–Trinajstić information content (AvgIpc) is 3.14. The second-order valence-corrected chi connectivity index (χ2v) is 9.54. The molecule has 1 atom stereocenters.